The zero-order valence-electron chi connectivity index (χ0n) is 9.56. The van der Waals surface area contributed by atoms with E-state index in [0.717, 1.165) is 5.56 Å². The lowest BCUT2D eigenvalue weighted by atomic mass is 10.2. The largest absolute Gasteiger partial charge is 0.316 e. The fourth-order valence-corrected chi connectivity index (χ4v) is 2.02. The Morgan fingerprint density at radius 3 is 2.61 bits per heavy atom. The summed E-state index contributed by atoms with van der Waals surface area (Å²) in [6, 6.07) is 4.21. The Balaban J connectivity index is 2.44. The summed E-state index contributed by atoms with van der Waals surface area (Å²) in [6.45, 7) is 0.218. The predicted molar refractivity (Wildman–Crippen MR) is 69.1 cm³/mol. The first-order valence-corrected chi connectivity index (χ1v) is 5.98. The van der Waals surface area contributed by atoms with Crippen molar-refractivity contribution in [3.05, 3.63) is 67.2 Å². The summed E-state index contributed by atoms with van der Waals surface area (Å²) in [4.78, 5) is 23.2. The van der Waals surface area contributed by atoms with Gasteiger partial charge in [0.2, 0.25) is 0 Å². The van der Waals surface area contributed by atoms with Gasteiger partial charge in [0.15, 0.2) is 0 Å². The van der Waals surface area contributed by atoms with E-state index in [0.29, 0.717) is 4.47 Å². The first-order valence-electron chi connectivity index (χ1n) is 5.19. The van der Waals surface area contributed by atoms with Crippen molar-refractivity contribution in [2.75, 3.05) is 0 Å². The maximum atomic E-state index is 12.9. The van der Waals surface area contributed by atoms with Gasteiger partial charge in [0.25, 0.3) is 0 Å². The fourth-order valence-electron chi connectivity index (χ4n) is 1.55. The van der Waals surface area contributed by atoms with Crippen LogP contribution in [0, 0.1) is 5.82 Å². The van der Waals surface area contributed by atoms with Crippen molar-refractivity contribution in [2.45, 2.75) is 6.54 Å². The molecule has 0 bridgehead atoms. The van der Waals surface area contributed by atoms with Gasteiger partial charge in [-0.15, -0.1) is 0 Å². The highest BCUT2D eigenvalue weighted by molar-refractivity contribution is 9.10. The molecular weight excluding hydrogens is 303 g/mol. The molecule has 1 aromatic carbocycles. The normalized spacial score (nSPS) is 10.6. The van der Waals surface area contributed by atoms with E-state index in [1.165, 1.54) is 40.7 Å². The Morgan fingerprint density at radius 2 is 1.94 bits per heavy atom. The van der Waals surface area contributed by atoms with Crippen molar-refractivity contribution in [2.24, 2.45) is 7.05 Å². The minimum absolute atomic E-state index is 0.218. The number of benzene rings is 1. The lowest BCUT2D eigenvalue weighted by Gasteiger charge is -2.08. The molecule has 0 unspecified atom stereocenters. The van der Waals surface area contributed by atoms with E-state index >= 15 is 0 Å². The molecule has 0 aliphatic heterocycles. The molecule has 0 saturated carbocycles. The Morgan fingerprint density at radius 1 is 1.22 bits per heavy atom. The molecule has 2 rings (SSSR count). The van der Waals surface area contributed by atoms with Gasteiger partial charge in [0, 0.05) is 23.9 Å². The number of nitrogens with zero attached hydrogens (tertiary/aromatic N) is 2. The number of rotatable bonds is 2. The fraction of sp³-hybridized carbons (Fsp3) is 0.167. The van der Waals surface area contributed by atoms with Gasteiger partial charge in [-0.1, -0.05) is 22.0 Å². The van der Waals surface area contributed by atoms with Crippen LogP contribution < -0.4 is 11.1 Å². The molecule has 94 valence electrons. The second-order valence-corrected chi connectivity index (χ2v) is 4.74. The van der Waals surface area contributed by atoms with Crippen molar-refractivity contribution < 1.29 is 4.39 Å². The Labute approximate surface area is 110 Å². The number of aromatic nitrogens is 2. The third-order valence-corrected chi connectivity index (χ3v) is 3.33. The van der Waals surface area contributed by atoms with Crippen molar-refractivity contribution in [3.8, 4) is 0 Å². The predicted octanol–water partition coefficient (Wildman–Crippen LogP) is 1.50. The first kappa shape index (κ1) is 12.8. The van der Waals surface area contributed by atoms with E-state index in [1.807, 2.05) is 0 Å². The van der Waals surface area contributed by atoms with Gasteiger partial charge >= 0.3 is 11.1 Å². The molecule has 18 heavy (non-hydrogen) atoms. The Hall–Kier alpha value is -1.69. The summed E-state index contributed by atoms with van der Waals surface area (Å²) in [6.07, 6.45) is 3.04. The maximum Gasteiger partial charge on any atom is 0.316 e. The van der Waals surface area contributed by atoms with E-state index in [1.54, 1.807) is 6.07 Å². The summed E-state index contributed by atoms with van der Waals surface area (Å²) < 4.78 is 16.0. The minimum Gasteiger partial charge on any atom is -0.312 e. The molecule has 0 radical (unpaired) electrons. The molecule has 0 amide bonds. The Bertz CT molecular complexity index is 706. The summed E-state index contributed by atoms with van der Waals surface area (Å²) >= 11 is 3.22. The number of hydrogen-bond donors (Lipinski definition) is 0. The highest BCUT2D eigenvalue weighted by Gasteiger charge is 2.06. The summed E-state index contributed by atoms with van der Waals surface area (Å²) in [5.74, 6) is -0.359. The number of hydrogen-bond acceptors (Lipinski definition) is 2. The van der Waals surface area contributed by atoms with Crippen molar-refractivity contribution in [1.29, 1.82) is 0 Å². The van der Waals surface area contributed by atoms with E-state index in [2.05, 4.69) is 15.9 Å². The third-order valence-electron chi connectivity index (χ3n) is 2.59. The topological polar surface area (TPSA) is 44.0 Å². The van der Waals surface area contributed by atoms with E-state index in [4.69, 9.17) is 0 Å². The number of halogens is 2. The zero-order chi connectivity index (χ0) is 13.3. The molecule has 0 N–H and O–H groups in total. The van der Waals surface area contributed by atoms with Crippen LogP contribution in [0.5, 0.6) is 0 Å². The van der Waals surface area contributed by atoms with Crippen LogP contribution in [0.4, 0.5) is 4.39 Å². The van der Waals surface area contributed by atoms with Crippen molar-refractivity contribution in [1.82, 2.24) is 9.13 Å². The molecule has 6 heteroatoms. The maximum absolute atomic E-state index is 12.9. The van der Waals surface area contributed by atoms with Gasteiger partial charge in [0.1, 0.15) is 5.82 Å². The van der Waals surface area contributed by atoms with Crippen molar-refractivity contribution >= 4 is 15.9 Å². The minimum atomic E-state index is -0.601. The molecule has 1 heterocycles. The molecule has 0 saturated heterocycles. The standard InChI is InChI=1S/C12H10BrFN2O2/c1-15-4-5-16(12(18)11(15)17)7-8-2-3-9(14)6-10(8)13/h2-6H,7H2,1H3. The summed E-state index contributed by atoms with van der Waals surface area (Å²) in [5, 5.41) is 0. The smallest absolute Gasteiger partial charge is 0.312 e. The van der Waals surface area contributed by atoms with Crippen molar-refractivity contribution in [3.63, 3.8) is 0 Å². The molecule has 2 aromatic rings. The van der Waals surface area contributed by atoms with Crippen LogP contribution in [-0.2, 0) is 13.6 Å². The average Bonchev–Trinajstić information content (AvgIpc) is 2.33. The van der Waals surface area contributed by atoms with Gasteiger partial charge in [-0.3, -0.25) is 9.59 Å². The van der Waals surface area contributed by atoms with Crippen LogP contribution in [0.3, 0.4) is 0 Å². The van der Waals surface area contributed by atoms with Gasteiger partial charge in [-0.2, -0.15) is 0 Å². The zero-order valence-corrected chi connectivity index (χ0v) is 11.1. The molecule has 0 aliphatic rings. The van der Waals surface area contributed by atoms with Crippen LogP contribution in [0.1, 0.15) is 5.56 Å². The molecule has 4 nitrogen and oxygen atoms in total. The van der Waals surface area contributed by atoms with E-state index in [9.17, 15) is 14.0 Å². The number of aryl methyl sites for hydroxylation is 1. The van der Waals surface area contributed by atoms with Gasteiger partial charge < -0.3 is 9.13 Å². The summed E-state index contributed by atoms with van der Waals surface area (Å²) in [7, 11) is 1.52. The van der Waals surface area contributed by atoms with E-state index < -0.39 is 11.1 Å². The lowest BCUT2D eigenvalue weighted by Crippen LogP contribution is -2.39. The average molecular weight is 313 g/mol. The van der Waals surface area contributed by atoms with Crippen LogP contribution in [-0.4, -0.2) is 9.13 Å². The van der Waals surface area contributed by atoms with Crippen LogP contribution in [0.15, 0.2) is 44.7 Å². The lowest BCUT2D eigenvalue weighted by molar-refractivity contribution is 0.624. The SMILES string of the molecule is Cn1ccn(Cc2ccc(F)cc2Br)c(=O)c1=O. The monoisotopic (exact) mass is 312 g/mol. The highest BCUT2D eigenvalue weighted by atomic mass is 79.9. The highest BCUT2D eigenvalue weighted by Crippen LogP contribution is 2.18. The quantitative estimate of drug-likeness (QED) is 0.789. The van der Waals surface area contributed by atoms with Gasteiger partial charge in [0.05, 0.1) is 6.54 Å². The van der Waals surface area contributed by atoms with Crippen LogP contribution in [0.25, 0.3) is 0 Å². The second kappa shape index (κ2) is 4.89. The molecule has 0 atom stereocenters. The van der Waals surface area contributed by atoms with Gasteiger partial charge in [-0.25, -0.2) is 4.39 Å². The molecule has 0 fully saturated rings. The molecule has 0 aliphatic carbocycles. The summed E-state index contributed by atoms with van der Waals surface area (Å²) in [5.41, 5.74) is -0.460. The molecule has 1 aromatic heterocycles. The van der Waals surface area contributed by atoms with E-state index in [-0.39, 0.29) is 12.4 Å². The van der Waals surface area contributed by atoms with Crippen LogP contribution in [0.2, 0.25) is 0 Å². The second-order valence-electron chi connectivity index (χ2n) is 3.88. The third kappa shape index (κ3) is 2.43. The Kier molecular flexibility index (Phi) is 3.47. The first-order chi connectivity index (χ1) is 8.49. The van der Waals surface area contributed by atoms with Gasteiger partial charge in [-0.05, 0) is 17.7 Å². The molecular formula is C12H10BrFN2O2. The van der Waals surface area contributed by atoms with Crippen LogP contribution >= 0.6 is 15.9 Å². The molecule has 0 spiro atoms.